The van der Waals surface area contributed by atoms with Gasteiger partial charge in [-0.1, -0.05) is 45.9 Å². The topological polar surface area (TPSA) is 187 Å². The Bertz CT molecular complexity index is 1100. The Morgan fingerprint density at radius 3 is 2.08 bits per heavy atom. The summed E-state index contributed by atoms with van der Waals surface area (Å²) < 4.78 is 0. The van der Waals surface area contributed by atoms with Crippen molar-refractivity contribution in [3.8, 4) is 0 Å². The number of aliphatic hydroxyl groups excluding tert-OH is 1. The Hall–Kier alpha value is -3.44. The van der Waals surface area contributed by atoms with Crippen molar-refractivity contribution in [2.45, 2.75) is 77.7 Å². The van der Waals surface area contributed by atoms with E-state index in [0.717, 1.165) is 16.5 Å². The SMILES string of the molecule is CC(C)CC(NC(=O)C(NC(=O)C(NC(=O)C(N)Cc1c[nH]c2ccccc12)C(C)O)C(C)C)C(=O)O. The Balaban J connectivity index is 2.08. The normalized spacial score (nSPS) is 15.6. The summed E-state index contributed by atoms with van der Waals surface area (Å²) in [5.41, 5.74) is 7.85. The lowest BCUT2D eigenvalue weighted by Crippen LogP contribution is -2.61. The van der Waals surface area contributed by atoms with Crippen LogP contribution in [0.25, 0.3) is 10.9 Å². The third kappa shape index (κ3) is 8.29. The largest absolute Gasteiger partial charge is 0.480 e. The molecule has 37 heavy (non-hydrogen) atoms. The number of carbonyl (C=O) groups is 4. The number of carbonyl (C=O) groups excluding carboxylic acids is 3. The van der Waals surface area contributed by atoms with Gasteiger partial charge < -0.3 is 36.9 Å². The summed E-state index contributed by atoms with van der Waals surface area (Å²) in [6, 6.07) is 3.01. The molecule has 0 fully saturated rings. The fourth-order valence-electron chi connectivity index (χ4n) is 4.03. The number of fused-ring (bicyclic) bond motifs is 1. The molecule has 11 nitrogen and oxygen atoms in total. The number of amides is 3. The molecule has 0 aliphatic heterocycles. The molecule has 0 aliphatic rings. The lowest BCUT2D eigenvalue weighted by atomic mass is 9.99. The van der Waals surface area contributed by atoms with E-state index in [2.05, 4.69) is 20.9 Å². The van der Waals surface area contributed by atoms with Crippen molar-refractivity contribution in [1.82, 2.24) is 20.9 Å². The summed E-state index contributed by atoms with van der Waals surface area (Å²) >= 11 is 0. The second kappa shape index (κ2) is 13.2. The lowest BCUT2D eigenvalue weighted by molar-refractivity contribution is -0.143. The van der Waals surface area contributed by atoms with Crippen LogP contribution in [0, 0.1) is 11.8 Å². The van der Waals surface area contributed by atoms with Crippen LogP contribution in [0.5, 0.6) is 0 Å². The number of benzene rings is 1. The second-order valence-electron chi connectivity index (χ2n) is 10.2. The smallest absolute Gasteiger partial charge is 0.326 e. The number of aromatic nitrogens is 1. The number of H-pyrrole nitrogens is 1. The van der Waals surface area contributed by atoms with Gasteiger partial charge in [-0.2, -0.15) is 0 Å². The third-order valence-corrected chi connectivity index (χ3v) is 6.08. The van der Waals surface area contributed by atoms with Crippen molar-refractivity contribution < 1.29 is 29.4 Å². The summed E-state index contributed by atoms with van der Waals surface area (Å²) in [4.78, 5) is 53.4. The van der Waals surface area contributed by atoms with Crippen molar-refractivity contribution in [3.05, 3.63) is 36.0 Å². The van der Waals surface area contributed by atoms with E-state index in [0.29, 0.717) is 0 Å². The van der Waals surface area contributed by atoms with E-state index < -0.39 is 59.9 Å². The van der Waals surface area contributed by atoms with Crippen LogP contribution in [0.3, 0.4) is 0 Å². The first kappa shape index (κ1) is 29.8. The molecule has 0 radical (unpaired) electrons. The number of carboxylic acid groups (broad SMARTS) is 1. The van der Waals surface area contributed by atoms with Crippen molar-refractivity contribution in [3.63, 3.8) is 0 Å². The van der Waals surface area contributed by atoms with Gasteiger partial charge in [0.15, 0.2) is 0 Å². The maximum atomic E-state index is 13.0. The highest BCUT2D eigenvalue weighted by Crippen LogP contribution is 2.19. The van der Waals surface area contributed by atoms with Crippen LogP contribution < -0.4 is 21.7 Å². The standard InChI is InChI=1S/C26H39N5O6/c1-13(2)10-20(26(36)37)29-24(34)21(14(3)4)30-25(35)22(15(5)32)31-23(33)18(27)11-16-12-28-19-9-7-6-8-17(16)19/h6-9,12-15,18,20-22,28,32H,10-11,27H2,1-5H3,(H,29,34)(H,30,35)(H,31,33)(H,36,37). The quantitative estimate of drug-likeness (QED) is 0.203. The molecule has 5 atom stereocenters. The molecular formula is C26H39N5O6. The van der Waals surface area contributed by atoms with Gasteiger partial charge >= 0.3 is 5.97 Å². The molecule has 0 saturated heterocycles. The Labute approximate surface area is 216 Å². The summed E-state index contributed by atoms with van der Waals surface area (Å²) in [7, 11) is 0. The predicted octanol–water partition coefficient (Wildman–Crippen LogP) is 0.660. The average molecular weight is 518 g/mol. The zero-order valence-electron chi connectivity index (χ0n) is 21.9. The molecule has 204 valence electrons. The highest BCUT2D eigenvalue weighted by atomic mass is 16.4. The summed E-state index contributed by atoms with van der Waals surface area (Å²) in [6.07, 6.45) is 0.910. The molecule has 0 spiro atoms. The van der Waals surface area contributed by atoms with Gasteiger partial charge in [-0.25, -0.2) is 4.79 Å². The minimum atomic E-state index is -1.37. The lowest BCUT2D eigenvalue weighted by Gasteiger charge is -2.28. The second-order valence-corrected chi connectivity index (χ2v) is 10.2. The average Bonchev–Trinajstić information content (AvgIpc) is 3.22. The Morgan fingerprint density at radius 2 is 1.51 bits per heavy atom. The van der Waals surface area contributed by atoms with Gasteiger partial charge in [-0.15, -0.1) is 0 Å². The monoisotopic (exact) mass is 517 g/mol. The van der Waals surface area contributed by atoms with E-state index in [9.17, 15) is 29.4 Å². The molecule has 1 aromatic heterocycles. The molecular weight excluding hydrogens is 478 g/mol. The van der Waals surface area contributed by atoms with Gasteiger partial charge in [0.05, 0.1) is 12.1 Å². The van der Waals surface area contributed by atoms with Crippen molar-refractivity contribution in [2.75, 3.05) is 0 Å². The summed E-state index contributed by atoms with van der Waals surface area (Å²) in [5.74, 6) is -3.63. The number of aliphatic hydroxyl groups is 1. The number of hydrogen-bond acceptors (Lipinski definition) is 6. The summed E-state index contributed by atoms with van der Waals surface area (Å²) in [6.45, 7) is 8.39. The van der Waals surface area contributed by atoms with Crippen LogP contribution in [-0.2, 0) is 25.6 Å². The van der Waals surface area contributed by atoms with Gasteiger partial charge in [-0.3, -0.25) is 14.4 Å². The fraction of sp³-hybridized carbons (Fsp3) is 0.538. The van der Waals surface area contributed by atoms with E-state index in [4.69, 9.17) is 5.73 Å². The number of nitrogens with two attached hydrogens (primary N) is 1. The maximum absolute atomic E-state index is 13.0. The zero-order chi connectivity index (χ0) is 27.9. The Kier molecular flexibility index (Phi) is 10.6. The molecule has 3 amide bonds. The van der Waals surface area contributed by atoms with E-state index >= 15 is 0 Å². The van der Waals surface area contributed by atoms with Gasteiger partial charge in [0.1, 0.15) is 18.1 Å². The first-order chi connectivity index (χ1) is 17.3. The van der Waals surface area contributed by atoms with Crippen LogP contribution in [0.1, 0.15) is 46.6 Å². The number of para-hydroxylation sites is 1. The maximum Gasteiger partial charge on any atom is 0.326 e. The molecule has 8 N–H and O–H groups in total. The number of hydrogen-bond donors (Lipinski definition) is 7. The molecule has 2 rings (SSSR count). The minimum absolute atomic E-state index is 0.0248. The molecule has 0 saturated carbocycles. The molecule has 0 aliphatic carbocycles. The number of rotatable bonds is 13. The van der Waals surface area contributed by atoms with Crippen LogP contribution in [0.15, 0.2) is 30.5 Å². The molecule has 1 heterocycles. The molecule has 0 bridgehead atoms. The van der Waals surface area contributed by atoms with Crippen LogP contribution in [-0.4, -0.2) is 69.2 Å². The highest BCUT2D eigenvalue weighted by molar-refractivity contribution is 5.94. The first-order valence-electron chi connectivity index (χ1n) is 12.4. The molecule has 2 aromatic rings. The molecule has 1 aromatic carbocycles. The number of aromatic amines is 1. The van der Waals surface area contributed by atoms with Crippen LogP contribution in [0.2, 0.25) is 0 Å². The fourth-order valence-corrected chi connectivity index (χ4v) is 4.03. The van der Waals surface area contributed by atoms with E-state index in [1.807, 2.05) is 38.1 Å². The Morgan fingerprint density at radius 1 is 0.919 bits per heavy atom. The minimum Gasteiger partial charge on any atom is -0.480 e. The van der Waals surface area contributed by atoms with E-state index in [1.165, 1.54) is 6.92 Å². The van der Waals surface area contributed by atoms with Crippen LogP contribution >= 0.6 is 0 Å². The van der Waals surface area contributed by atoms with E-state index in [-0.39, 0.29) is 18.8 Å². The molecule has 11 heteroatoms. The van der Waals surface area contributed by atoms with Gasteiger partial charge in [0.2, 0.25) is 17.7 Å². The van der Waals surface area contributed by atoms with Gasteiger partial charge in [-0.05, 0) is 43.2 Å². The zero-order valence-corrected chi connectivity index (χ0v) is 21.9. The summed E-state index contributed by atoms with van der Waals surface area (Å²) in [5, 5.41) is 28.1. The van der Waals surface area contributed by atoms with Crippen molar-refractivity contribution in [2.24, 2.45) is 17.6 Å². The number of aliphatic carboxylic acids is 1. The molecule has 5 unspecified atom stereocenters. The van der Waals surface area contributed by atoms with E-state index in [1.54, 1.807) is 20.0 Å². The van der Waals surface area contributed by atoms with Gasteiger partial charge in [0.25, 0.3) is 0 Å². The third-order valence-electron chi connectivity index (χ3n) is 6.08. The predicted molar refractivity (Wildman–Crippen MR) is 139 cm³/mol. The van der Waals surface area contributed by atoms with Crippen molar-refractivity contribution >= 4 is 34.6 Å². The number of carboxylic acids is 1. The highest BCUT2D eigenvalue weighted by Gasteiger charge is 2.34. The van der Waals surface area contributed by atoms with Crippen LogP contribution in [0.4, 0.5) is 0 Å². The van der Waals surface area contributed by atoms with Gasteiger partial charge in [0, 0.05) is 17.1 Å². The number of nitrogens with one attached hydrogen (secondary N) is 4. The first-order valence-corrected chi connectivity index (χ1v) is 12.4. The van der Waals surface area contributed by atoms with Crippen molar-refractivity contribution in [1.29, 1.82) is 0 Å².